The molecule has 0 radical (unpaired) electrons. The maximum Gasteiger partial charge on any atom is 0.292 e. The number of imidazole rings is 2. The van der Waals surface area contributed by atoms with E-state index in [0.717, 1.165) is 45.3 Å². The fourth-order valence-corrected chi connectivity index (χ4v) is 6.15. The SMILES string of the molecule is CCCN(CC(=O)Nc1cn2cc(-c3ccc(-c4cnc(CN(CCC)C(=O)CC(C)C)[nH]4)cc3)sc2n1)C(=O)CNC.COC.COC=O.NC=O.c1ccccc1. The van der Waals surface area contributed by atoms with Gasteiger partial charge in [-0.15, -0.1) is 0 Å². The number of nitrogens with zero attached hydrogens (tertiary/aromatic N) is 5. The summed E-state index contributed by atoms with van der Waals surface area (Å²) in [6.45, 7) is 10.4. The molecule has 4 amide bonds. The number of primary amides is 1. The molecule has 59 heavy (non-hydrogen) atoms. The first-order valence-electron chi connectivity index (χ1n) is 19.1. The van der Waals surface area contributed by atoms with Crippen molar-refractivity contribution in [1.29, 1.82) is 0 Å². The van der Waals surface area contributed by atoms with Gasteiger partial charge in [0.2, 0.25) is 24.1 Å². The van der Waals surface area contributed by atoms with Crippen molar-refractivity contribution in [1.82, 2.24) is 34.5 Å². The van der Waals surface area contributed by atoms with Crippen LogP contribution in [0.4, 0.5) is 5.82 Å². The number of ether oxygens (including phenoxy) is 2. The molecule has 0 aliphatic carbocycles. The van der Waals surface area contributed by atoms with Gasteiger partial charge in [-0.05, 0) is 36.9 Å². The van der Waals surface area contributed by atoms with E-state index in [1.54, 1.807) is 32.4 Å². The van der Waals surface area contributed by atoms with Crippen molar-refractivity contribution in [3.05, 3.63) is 85.1 Å². The third-order valence-corrected chi connectivity index (χ3v) is 8.62. The molecule has 0 spiro atoms. The summed E-state index contributed by atoms with van der Waals surface area (Å²) >= 11 is 1.53. The smallest absolute Gasteiger partial charge is 0.292 e. The summed E-state index contributed by atoms with van der Waals surface area (Å²) in [7, 11) is 6.27. The molecule has 0 fully saturated rings. The molecule has 0 saturated heterocycles. The normalized spacial score (nSPS) is 9.92. The lowest BCUT2D eigenvalue weighted by Gasteiger charge is -2.22. The summed E-state index contributed by atoms with van der Waals surface area (Å²) in [5.41, 5.74) is 7.13. The van der Waals surface area contributed by atoms with Crippen LogP contribution in [0.5, 0.6) is 0 Å². The lowest BCUT2D eigenvalue weighted by Crippen LogP contribution is -2.42. The number of rotatable bonds is 16. The summed E-state index contributed by atoms with van der Waals surface area (Å²) in [6, 6.07) is 20.2. The minimum Gasteiger partial charge on any atom is -0.471 e. The summed E-state index contributed by atoms with van der Waals surface area (Å²) in [6.07, 6.45) is 8.04. The van der Waals surface area contributed by atoms with Gasteiger partial charge in [0, 0.05) is 39.9 Å². The predicted octanol–water partition coefficient (Wildman–Crippen LogP) is 5.47. The number of amides is 4. The molecule has 0 aliphatic heterocycles. The molecule has 3 aromatic heterocycles. The van der Waals surface area contributed by atoms with Gasteiger partial charge in [-0.1, -0.05) is 99.7 Å². The zero-order valence-electron chi connectivity index (χ0n) is 35.5. The standard InChI is InChI=1S/C31H42N8O3S.C6H6.C2H4O2.C2H6O.CH3NO/c1-6-12-37(29(41)14-21(3)4)18-26-33-15-24(34-26)22-8-10-23(11-9-22)25-17-39-19-27(36-31(39)43-25)35-28(40)20-38(13-7-2)30(42)16-32-5;1-2-4-6-5-3-1;1-4-2-3;1-3-2;2-1-3/h8-11,15,17,19,21,32H,6-7,12-14,16,18,20H2,1-5H3,(H,33,34)(H,35,40);1-6H;2H,1H3;1-2H3;1H,(H2,2,3). The van der Waals surface area contributed by atoms with Crippen molar-refractivity contribution in [3.63, 3.8) is 0 Å². The van der Waals surface area contributed by atoms with Crippen LogP contribution < -0.4 is 16.4 Å². The Bertz CT molecular complexity index is 1850. The number of carbonyl (C=O) groups excluding carboxylic acids is 5. The molecule has 5 rings (SSSR count). The topological polar surface area (TPSA) is 206 Å². The Hall–Kier alpha value is -5.91. The molecular weight excluding hydrogens is 775 g/mol. The maximum atomic E-state index is 12.7. The number of aromatic nitrogens is 4. The van der Waals surface area contributed by atoms with Gasteiger partial charge in [-0.25, -0.2) is 9.97 Å². The summed E-state index contributed by atoms with van der Waals surface area (Å²) < 4.78 is 10.0. The lowest BCUT2D eigenvalue weighted by molar-refractivity contribution is -0.133. The second-order valence-electron chi connectivity index (χ2n) is 13.1. The van der Waals surface area contributed by atoms with E-state index in [-0.39, 0.29) is 37.2 Å². The van der Waals surface area contributed by atoms with Crippen molar-refractivity contribution in [2.24, 2.45) is 11.7 Å². The number of benzene rings is 2. The van der Waals surface area contributed by atoms with Gasteiger partial charge in [-0.3, -0.25) is 28.4 Å². The Morgan fingerprint density at radius 3 is 1.95 bits per heavy atom. The Morgan fingerprint density at radius 1 is 0.915 bits per heavy atom. The molecular formula is C42H61N9O7S. The summed E-state index contributed by atoms with van der Waals surface area (Å²) in [5.74, 6) is 1.32. The molecule has 0 bridgehead atoms. The molecule has 322 valence electrons. The van der Waals surface area contributed by atoms with E-state index >= 15 is 0 Å². The highest BCUT2D eigenvalue weighted by atomic mass is 32.1. The average Bonchev–Trinajstić information content (AvgIpc) is 3.95. The first-order valence-corrected chi connectivity index (χ1v) is 19.9. The molecule has 16 nitrogen and oxygen atoms in total. The number of nitrogens with two attached hydrogens (primary N) is 1. The van der Waals surface area contributed by atoms with Gasteiger partial charge in [-0.2, -0.15) is 0 Å². The number of nitrogens with one attached hydrogen (secondary N) is 3. The number of aromatic amines is 1. The minimum absolute atomic E-state index is 0.0117. The minimum atomic E-state index is -0.276. The lowest BCUT2D eigenvalue weighted by atomic mass is 10.1. The highest BCUT2D eigenvalue weighted by molar-refractivity contribution is 7.20. The maximum absolute atomic E-state index is 12.7. The van der Waals surface area contributed by atoms with E-state index in [0.29, 0.717) is 44.3 Å². The average molecular weight is 836 g/mol. The fourth-order valence-electron chi connectivity index (χ4n) is 5.18. The largest absolute Gasteiger partial charge is 0.471 e. The summed E-state index contributed by atoms with van der Waals surface area (Å²) in [4.78, 5) is 72.7. The van der Waals surface area contributed by atoms with Crippen LogP contribution in [-0.4, -0.2) is 114 Å². The van der Waals surface area contributed by atoms with E-state index in [2.05, 4.69) is 73.7 Å². The molecule has 0 aliphatic rings. The molecule has 3 heterocycles. The van der Waals surface area contributed by atoms with Gasteiger partial charge in [0.1, 0.15) is 5.82 Å². The highest BCUT2D eigenvalue weighted by Crippen LogP contribution is 2.31. The Labute approximate surface area is 351 Å². The third-order valence-electron chi connectivity index (χ3n) is 7.57. The van der Waals surface area contributed by atoms with Gasteiger partial charge in [0.05, 0.1) is 49.7 Å². The van der Waals surface area contributed by atoms with Crippen molar-refractivity contribution in [2.75, 3.05) is 59.9 Å². The highest BCUT2D eigenvalue weighted by Gasteiger charge is 2.18. The molecule has 5 N–H and O–H groups in total. The Morgan fingerprint density at radius 2 is 1.46 bits per heavy atom. The monoisotopic (exact) mass is 835 g/mol. The van der Waals surface area contributed by atoms with Crippen LogP contribution in [0, 0.1) is 5.92 Å². The first kappa shape index (κ1) is 51.1. The van der Waals surface area contributed by atoms with Gasteiger partial charge in [0.15, 0.2) is 10.8 Å². The van der Waals surface area contributed by atoms with Crippen LogP contribution in [0.3, 0.4) is 0 Å². The van der Waals surface area contributed by atoms with E-state index < -0.39 is 0 Å². The van der Waals surface area contributed by atoms with Crippen molar-refractivity contribution in [2.45, 2.75) is 53.5 Å². The zero-order chi connectivity index (χ0) is 44.0. The Kier molecular flexibility index (Phi) is 26.2. The van der Waals surface area contributed by atoms with Gasteiger partial charge < -0.3 is 40.6 Å². The molecule has 5 aromatic rings. The molecule has 0 saturated carbocycles. The molecule has 0 atom stereocenters. The first-order chi connectivity index (χ1) is 28.4. The molecule has 0 unspecified atom stereocenters. The number of methoxy groups -OCH3 is 2. The number of likely N-dealkylation sites (N-methyl/N-ethyl adjacent to an activating group) is 1. The van der Waals surface area contributed by atoms with Crippen LogP contribution in [0.2, 0.25) is 0 Å². The number of hydrogen-bond donors (Lipinski definition) is 4. The number of thiazole rings is 1. The van der Waals surface area contributed by atoms with Crippen molar-refractivity contribution < 1.29 is 33.4 Å². The number of H-pyrrole nitrogens is 1. The number of anilines is 1. The van der Waals surface area contributed by atoms with Crippen LogP contribution in [0.1, 0.15) is 52.8 Å². The van der Waals surface area contributed by atoms with Crippen LogP contribution in [-0.2, 0) is 40.0 Å². The fraction of sp³-hybridized carbons (Fsp3) is 0.405. The van der Waals surface area contributed by atoms with E-state index in [9.17, 15) is 14.4 Å². The number of fused-ring (bicyclic) bond motifs is 1. The second kappa shape index (κ2) is 30.2. The predicted molar refractivity (Wildman–Crippen MR) is 233 cm³/mol. The van der Waals surface area contributed by atoms with E-state index in [1.165, 1.54) is 18.4 Å². The zero-order valence-corrected chi connectivity index (χ0v) is 36.3. The van der Waals surface area contributed by atoms with Crippen LogP contribution >= 0.6 is 11.3 Å². The van der Waals surface area contributed by atoms with Crippen LogP contribution in [0.15, 0.2) is 79.3 Å². The van der Waals surface area contributed by atoms with Gasteiger partial charge >= 0.3 is 0 Å². The van der Waals surface area contributed by atoms with E-state index in [1.807, 2.05) is 77.1 Å². The quantitative estimate of drug-likeness (QED) is 0.0922. The second-order valence-corrected chi connectivity index (χ2v) is 14.1. The van der Waals surface area contributed by atoms with Crippen molar-refractivity contribution in [3.8, 4) is 21.7 Å². The van der Waals surface area contributed by atoms with Crippen LogP contribution in [0.25, 0.3) is 26.7 Å². The number of hydrogen-bond acceptors (Lipinski definition) is 11. The Balaban J connectivity index is 0.000000919. The molecule has 17 heteroatoms. The third kappa shape index (κ3) is 19.9. The number of carbonyl (C=O) groups is 5. The van der Waals surface area contributed by atoms with Gasteiger partial charge in [0.25, 0.3) is 6.47 Å². The summed E-state index contributed by atoms with van der Waals surface area (Å²) in [5, 5.41) is 5.65. The molecule has 2 aromatic carbocycles. The van der Waals surface area contributed by atoms with Crippen molar-refractivity contribution >= 4 is 52.7 Å². The van der Waals surface area contributed by atoms with E-state index in [4.69, 9.17) is 9.59 Å².